The number of hydrogen-bond donors (Lipinski definition) is 2. The second-order valence-corrected chi connectivity index (χ2v) is 4.26. The minimum atomic E-state index is -0.500. The van der Waals surface area contributed by atoms with Crippen LogP contribution in [0.25, 0.3) is 0 Å². The van der Waals surface area contributed by atoms with Crippen molar-refractivity contribution in [2.24, 2.45) is 0 Å². The Hall–Kier alpha value is -3.07. The van der Waals surface area contributed by atoms with Crippen LogP contribution in [0.2, 0.25) is 0 Å². The summed E-state index contributed by atoms with van der Waals surface area (Å²) < 4.78 is 5.06. The summed E-state index contributed by atoms with van der Waals surface area (Å²) in [6.07, 6.45) is 2.72. The van der Waals surface area contributed by atoms with Gasteiger partial charge in [-0.25, -0.2) is 14.8 Å². The molecular weight excluding hydrogens is 280 g/mol. The summed E-state index contributed by atoms with van der Waals surface area (Å²) >= 11 is 0. The third-order valence-electron chi connectivity index (χ3n) is 2.64. The van der Waals surface area contributed by atoms with E-state index in [2.05, 4.69) is 32.4 Å². The van der Waals surface area contributed by atoms with Gasteiger partial charge in [-0.05, 0) is 5.56 Å². The lowest BCUT2D eigenvalue weighted by Crippen LogP contribution is -2.24. The molecule has 0 saturated carbocycles. The van der Waals surface area contributed by atoms with E-state index in [1.54, 1.807) is 19.4 Å². The second-order valence-electron chi connectivity index (χ2n) is 4.26. The van der Waals surface area contributed by atoms with Gasteiger partial charge < -0.3 is 15.4 Å². The molecule has 1 aromatic carbocycles. The van der Waals surface area contributed by atoms with Crippen LogP contribution < -0.4 is 10.6 Å². The van der Waals surface area contributed by atoms with Crippen LogP contribution in [0.1, 0.15) is 11.1 Å². The fraction of sp³-hybridized carbons (Fsp3) is 0.188. The molecule has 0 fully saturated rings. The van der Waals surface area contributed by atoms with Crippen LogP contribution in [0.3, 0.4) is 0 Å². The fourth-order valence-electron chi connectivity index (χ4n) is 1.56. The highest BCUT2D eigenvalue weighted by Gasteiger charge is 2.00. The number of hydrogen-bond acceptors (Lipinski definition) is 5. The zero-order valence-electron chi connectivity index (χ0n) is 12.2. The molecule has 0 saturated heterocycles. The average Bonchev–Trinajstić information content (AvgIpc) is 2.58. The smallest absolute Gasteiger partial charge is 0.408 e. The SMILES string of the molecule is CNc1ncc(C#CCNC(=O)OCc2ccccc2)cn1. The highest BCUT2D eigenvalue weighted by atomic mass is 16.5. The predicted molar refractivity (Wildman–Crippen MR) is 83.1 cm³/mol. The van der Waals surface area contributed by atoms with Crippen molar-refractivity contribution in [2.45, 2.75) is 6.61 Å². The lowest BCUT2D eigenvalue weighted by molar-refractivity contribution is 0.141. The molecule has 0 aliphatic carbocycles. The molecule has 0 bridgehead atoms. The molecule has 2 rings (SSSR count). The molecule has 0 spiro atoms. The summed E-state index contributed by atoms with van der Waals surface area (Å²) in [4.78, 5) is 19.6. The van der Waals surface area contributed by atoms with Gasteiger partial charge in [-0.2, -0.15) is 0 Å². The minimum absolute atomic E-state index is 0.196. The molecule has 0 radical (unpaired) electrons. The number of rotatable bonds is 4. The van der Waals surface area contributed by atoms with E-state index in [1.807, 2.05) is 30.3 Å². The summed E-state index contributed by atoms with van der Waals surface area (Å²) in [5.74, 6) is 6.19. The number of anilines is 1. The molecule has 1 aromatic heterocycles. The number of nitrogens with one attached hydrogen (secondary N) is 2. The molecule has 1 amide bonds. The highest BCUT2D eigenvalue weighted by Crippen LogP contribution is 2.00. The highest BCUT2D eigenvalue weighted by molar-refractivity contribution is 5.67. The molecule has 0 unspecified atom stereocenters. The van der Waals surface area contributed by atoms with Gasteiger partial charge in [-0.3, -0.25) is 0 Å². The topological polar surface area (TPSA) is 76.1 Å². The number of amides is 1. The Bertz CT molecular complexity index is 660. The fourth-order valence-corrected chi connectivity index (χ4v) is 1.56. The molecule has 2 N–H and O–H groups in total. The first-order valence-corrected chi connectivity index (χ1v) is 6.71. The monoisotopic (exact) mass is 296 g/mol. The molecule has 0 aliphatic heterocycles. The van der Waals surface area contributed by atoms with Gasteiger partial charge in [-0.1, -0.05) is 42.2 Å². The van der Waals surface area contributed by atoms with E-state index in [4.69, 9.17) is 4.74 Å². The Balaban J connectivity index is 1.71. The average molecular weight is 296 g/mol. The zero-order valence-corrected chi connectivity index (χ0v) is 12.2. The molecule has 1 heterocycles. The number of carbonyl (C=O) groups is 1. The number of ether oxygens (including phenoxy) is 1. The van der Waals surface area contributed by atoms with E-state index >= 15 is 0 Å². The van der Waals surface area contributed by atoms with Crippen molar-refractivity contribution in [3.63, 3.8) is 0 Å². The Labute approximate surface area is 128 Å². The first kappa shape index (κ1) is 15.3. The number of alkyl carbamates (subject to hydrolysis) is 1. The van der Waals surface area contributed by atoms with Gasteiger partial charge in [0.2, 0.25) is 5.95 Å². The maximum absolute atomic E-state index is 11.5. The van der Waals surface area contributed by atoms with Crippen LogP contribution >= 0.6 is 0 Å². The van der Waals surface area contributed by atoms with Crippen LogP contribution in [0.5, 0.6) is 0 Å². The van der Waals surface area contributed by atoms with E-state index in [-0.39, 0.29) is 13.2 Å². The van der Waals surface area contributed by atoms with Gasteiger partial charge in [0, 0.05) is 19.4 Å². The summed E-state index contributed by atoms with van der Waals surface area (Å²) in [5, 5.41) is 5.38. The van der Waals surface area contributed by atoms with Crippen molar-refractivity contribution in [2.75, 3.05) is 18.9 Å². The first-order valence-electron chi connectivity index (χ1n) is 6.71. The largest absolute Gasteiger partial charge is 0.445 e. The van der Waals surface area contributed by atoms with Crippen molar-refractivity contribution in [3.8, 4) is 11.8 Å². The normalized spacial score (nSPS) is 9.32. The van der Waals surface area contributed by atoms with Crippen molar-refractivity contribution in [1.29, 1.82) is 0 Å². The maximum atomic E-state index is 11.5. The van der Waals surface area contributed by atoms with Crippen LogP contribution in [-0.2, 0) is 11.3 Å². The number of carbonyl (C=O) groups excluding carboxylic acids is 1. The molecule has 6 heteroatoms. The summed E-state index contributed by atoms with van der Waals surface area (Å²) in [5.41, 5.74) is 1.61. The van der Waals surface area contributed by atoms with Gasteiger partial charge >= 0.3 is 6.09 Å². The van der Waals surface area contributed by atoms with Crippen LogP contribution in [-0.4, -0.2) is 29.7 Å². The standard InChI is InChI=1S/C16H16N4O2/c1-17-15-19-10-14(11-20-15)8-5-9-18-16(21)22-12-13-6-3-2-4-7-13/h2-4,6-7,10-11H,9,12H2,1H3,(H,18,21)(H,17,19,20). The molecule has 6 nitrogen and oxygen atoms in total. The molecule has 0 aliphatic rings. The van der Waals surface area contributed by atoms with Gasteiger partial charge in [0.25, 0.3) is 0 Å². The molecular formula is C16H16N4O2. The summed E-state index contributed by atoms with van der Waals surface area (Å²) in [6.45, 7) is 0.431. The lowest BCUT2D eigenvalue weighted by Gasteiger charge is -2.04. The van der Waals surface area contributed by atoms with Crippen molar-refractivity contribution < 1.29 is 9.53 Å². The first-order chi connectivity index (χ1) is 10.8. The minimum Gasteiger partial charge on any atom is -0.445 e. The second kappa shape index (κ2) is 8.27. The van der Waals surface area contributed by atoms with Crippen molar-refractivity contribution in [1.82, 2.24) is 15.3 Å². The van der Waals surface area contributed by atoms with Crippen molar-refractivity contribution in [3.05, 3.63) is 53.9 Å². The van der Waals surface area contributed by atoms with E-state index in [1.165, 1.54) is 0 Å². The Morgan fingerprint density at radius 1 is 1.23 bits per heavy atom. The number of nitrogens with zero attached hydrogens (tertiary/aromatic N) is 2. The van der Waals surface area contributed by atoms with Gasteiger partial charge in [0.15, 0.2) is 0 Å². The number of benzene rings is 1. The lowest BCUT2D eigenvalue weighted by atomic mass is 10.2. The summed E-state index contributed by atoms with van der Waals surface area (Å²) in [6, 6.07) is 9.47. The Morgan fingerprint density at radius 3 is 2.64 bits per heavy atom. The van der Waals surface area contributed by atoms with E-state index in [0.29, 0.717) is 11.5 Å². The van der Waals surface area contributed by atoms with Gasteiger partial charge in [0.05, 0.1) is 12.1 Å². The van der Waals surface area contributed by atoms with Crippen molar-refractivity contribution >= 4 is 12.0 Å². The Morgan fingerprint density at radius 2 is 1.95 bits per heavy atom. The van der Waals surface area contributed by atoms with Crippen LogP contribution in [0.15, 0.2) is 42.7 Å². The zero-order chi connectivity index (χ0) is 15.6. The number of aromatic nitrogens is 2. The van der Waals surface area contributed by atoms with Crippen LogP contribution in [0.4, 0.5) is 10.7 Å². The molecule has 0 atom stereocenters. The third kappa shape index (κ3) is 5.13. The summed E-state index contributed by atoms with van der Waals surface area (Å²) in [7, 11) is 1.74. The van der Waals surface area contributed by atoms with Gasteiger partial charge in [0.1, 0.15) is 6.61 Å². The van der Waals surface area contributed by atoms with Gasteiger partial charge in [-0.15, -0.1) is 0 Å². The molecule has 112 valence electrons. The van der Waals surface area contributed by atoms with Crippen LogP contribution in [0, 0.1) is 11.8 Å². The third-order valence-corrected chi connectivity index (χ3v) is 2.64. The van der Waals surface area contributed by atoms with E-state index in [0.717, 1.165) is 5.56 Å². The van der Waals surface area contributed by atoms with E-state index < -0.39 is 6.09 Å². The molecule has 22 heavy (non-hydrogen) atoms. The maximum Gasteiger partial charge on any atom is 0.408 e. The Kier molecular flexibility index (Phi) is 5.76. The predicted octanol–water partition coefficient (Wildman–Crippen LogP) is 1.80. The van der Waals surface area contributed by atoms with E-state index in [9.17, 15) is 4.79 Å². The quantitative estimate of drug-likeness (QED) is 0.841. The molecule has 2 aromatic rings.